The standard InChI is InChI=1S/C15H8BrF2N3O2/c16-10-4-9(17)5-11(18)14(10)20-15(22)12-6-13(23-21-12)8-2-1-3-19-7-8/h1-7H,(H,20,22). The maximum atomic E-state index is 13.7. The largest absolute Gasteiger partial charge is 0.355 e. The van der Waals surface area contributed by atoms with Crippen molar-refractivity contribution >= 4 is 27.5 Å². The molecule has 23 heavy (non-hydrogen) atoms. The molecule has 0 aliphatic rings. The third-order valence-electron chi connectivity index (χ3n) is 2.93. The van der Waals surface area contributed by atoms with Crippen LogP contribution in [0.4, 0.5) is 14.5 Å². The SMILES string of the molecule is O=C(Nc1c(F)cc(F)cc1Br)c1cc(-c2cccnc2)on1. The predicted octanol–water partition coefficient (Wildman–Crippen LogP) is 4.03. The van der Waals surface area contributed by atoms with Gasteiger partial charge in [0.05, 0.1) is 5.69 Å². The number of carbonyl (C=O) groups is 1. The number of nitrogens with one attached hydrogen (secondary N) is 1. The van der Waals surface area contributed by atoms with Crippen molar-refractivity contribution in [1.29, 1.82) is 0 Å². The van der Waals surface area contributed by atoms with E-state index in [1.165, 1.54) is 6.07 Å². The average Bonchev–Trinajstić information content (AvgIpc) is 3.01. The molecule has 0 atom stereocenters. The Hall–Kier alpha value is -2.61. The molecule has 116 valence electrons. The lowest BCUT2D eigenvalue weighted by atomic mass is 10.2. The number of nitrogens with zero attached hydrogens (tertiary/aromatic N) is 2. The van der Waals surface area contributed by atoms with Crippen LogP contribution in [-0.2, 0) is 0 Å². The van der Waals surface area contributed by atoms with Crippen LogP contribution < -0.4 is 5.32 Å². The monoisotopic (exact) mass is 379 g/mol. The molecule has 1 amide bonds. The van der Waals surface area contributed by atoms with Crippen LogP contribution >= 0.6 is 15.9 Å². The highest BCUT2D eigenvalue weighted by molar-refractivity contribution is 9.10. The third kappa shape index (κ3) is 3.26. The molecule has 1 aromatic carbocycles. The molecule has 0 fully saturated rings. The number of carbonyl (C=O) groups excluding carboxylic acids is 1. The van der Waals surface area contributed by atoms with Crippen molar-refractivity contribution in [2.75, 3.05) is 5.32 Å². The van der Waals surface area contributed by atoms with Gasteiger partial charge in [-0.25, -0.2) is 8.78 Å². The summed E-state index contributed by atoms with van der Waals surface area (Å²) >= 11 is 2.99. The predicted molar refractivity (Wildman–Crippen MR) is 81.7 cm³/mol. The summed E-state index contributed by atoms with van der Waals surface area (Å²) < 4.78 is 31.9. The van der Waals surface area contributed by atoms with Crippen molar-refractivity contribution in [2.24, 2.45) is 0 Å². The van der Waals surface area contributed by atoms with Crippen molar-refractivity contribution in [1.82, 2.24) is 10.1 Å². The van der Waals surface area contributed by atoms with Crippen molar-refractivity contribution in [3.05, 3.63) is 64.5 Å². The van der Waals surface area contributed by atoms with E-state index in [4.69, 9.17) is 4.52 Å². The lowest BCUT2D eigenvalue weighted by Crippen LogP contribution is -2.14. The van der Waals surface area contributed by atoms with Gasteiger partial charge in [-0.1, -0.05) is 5.16 Å². The van der Waals surface area contributed by atoms with Gasteiger partial charge in [0.25, 0.3) is 5.91 Å². The molecule has 8 heteroatoms. The van der Waals surface area contributed by atoms with Crippen LogP contribution in [0.15, 0.2) is 51.7 Å². The number of pyridine rings is 1. The Balaban J connectivity index is 1.84. The lowest BCUT2D eigenvalue weighted by Gasteiger charge is -2.07. The van der Waals surface area contributed by atoms with E-state index in [2.05, 4.69) is 31.4 Å². The lowest BCUT2D eigenvalue weighted by molar-refractivity contribution is 0.101. The van der Waals surface area contributed by atoms with Crippen LogP contribution in [0.25, 0.3) is 11.3 Å². The Labute approximate surface area is 137 Å². The molecular weight excluding hydrogens is 372 g/mol. The van der Waals surface area contributed by atoms with E-state index in [1.54, 1.807) is 24.5 Å². The topological polar surface area (TPSA) is 68.0 Å². The molecule has 0 saturated carbocycles. The number of amides is 1. The average molecular weight is 380 g/mol. The molecule has 5 nitrogen and oxygen atoms in total. The van der Waals surface area contributed by atoms with Crippen LogP contribution in [0.1, 0.15) is 10.5 Å². The fourth-order valence-electron chi connectivity index (χ4n) is 1.87. The Kier molecular flexibility index (Phi) is 4.16. The number of hydrogen-bond donors (Lipinski definition) is 1. The van der Waals surface area contributed by atoms with Gasteiger partial charge in [0.1, 0.15) is 5.82 Å². The molecule has 0 bridgehead atoms. The number of rotatable bonds is 3. The molecule has 0 aliphatic carbocycles. The summed E-state index contributed by atoms with van der Waals surface area (Å²) in [6.07, 6.45) is 3.15. The Bertz CT molecular complexity index is 845. The molecule has 2 aromatic heterocycles. The molecule has 0 spiro atoms. The normalized spacial score (nSPS) is 10.6. The molecule has 0 aliphatic heterocycles. The summed E-state index contributed by atoms with van der Waals surface area (Å²) in [7, 11) is 0. The van der Waals surface area contributed by atoms with E-state index >= 15 is 0 Å². The minimum atomic E-state index is -0.902. The Morgan fingerprint density at radius 3 is 2.78 bits per heavy atom. The summed E-state index contributed by atoms with van der Waals surface area (Å²) in [6.45, 7) is 0. The van der Waals surface area contributed by atoms with E-state index in [0.29, 0.717) is 17.4 Å². The van der Waals surface area contributed by atoms with E-state index in [-0.39, 0.29) is 15.9 Å². The van der Waals surface area contributed by atoms with Crippen LogP contribution in [0.3, 0.4) is 0 Å². The van der Waals surface area contributed by atoms with Crippen LogP contribution in [0.2, 0.25) is 0 Å². The smallest absolute Gasteiger partial charge is 0.277 e. The zero-order chi connectivity index (χ0) is 16.4. The zero-order valence-corrected chi connectivity index (χ0v) is 13.0. The van der Waals surface area contributed by atoms with Crippen molar-refractivity contribution < 1.29 is 18.1 Å². The fourth-order valence-corrected chi connectivity index (χ4v) is 2.37. The molecule has 1 N–H and O–H groups in total. The quantitative estimate of drug-likeness (QED) is 0.745. The third-order valence-corrected chi connectivity index (χ3v) is 3.56. The van der Waals surface area contributed by atoms with E-state index in [0.717, 1.165) is 6.07 Å². The molecule has 2 heterocycles. The number of aromatic nitrogens is 2. The van der Waals surface area contributed by atoms with Gasteiger partial charge in [0.15, 0.2) is 17.3 Å². The Morgan fingerprint density at radius 2 is 2.09 bits per heavy atom. The van der Waals surface area contributed by atoms with Gasteiger partial charge in [-0.2, -0.15) is 0 Å². The summed E-state index contributed by atoms with van der Waals surface area (Å²) in [5.74, 6) is -1.99. The van der Waals surface area contributed by atoms with Crippen LogP contribution in [-0.4, -0.2) is 16.0 Å². The van der Waals surface area contributed by atoms with Gasteiger partial charge >= 0.3 is 0 Å². The first-order valence-corrected chi connectivity index (χ1v) is 7.17. The minimum Gasteiger partial charge on any atom is -0.355 e. The highest BCUT2D eigenvalue weighted by Gasteiger charge is 2.18. The van der Waals surface area contributed by atoms with Crippen molar-refractivity contribution in [3.8, 4) is 11.3 Å². The maximum absolute atomic E-state index is 13.7. The zero-order valence-electron chi connectivity index (χ0n) is 11.4. The molecule has 0 saturated heterocycles. The van der Waals surface area contributed by atoms with Crippen LogP contribution in [0, 0.1) is 11.6 Å². The summed E-state index contributed by atoms with van der Waals surface area (Å²) in [4.78, 5) is 16.1. The van der Waals surface area contributed by atoms with Crippen LogP contribution in [0.5, 0.6) is 0 Å². The highest BCUT2D eigenvalue weighted by Crippen LogP contribution is 2.27. The molecule has 0 unspecified atom stereocenters. The number of hydrogen-bond acceptors (Lipinski definition) is 4. The number of benzene rings is 1. The number of halogens is 3. The second-order valence-electron chi connectivity index (χ2n) is 4.52. The van der Waals surface area contributed by atoms with Crippen molar-refractivity contribution in [3.63, 3.8) is 0 Å². The van der Waals surface area contributed by atoms with Crippen molar-refractivity contribution in [2.45, 2.75) is 0 Å². The molecular formula is C15H8BrF2N3O2. The molecule has 3 aromatic rings. The second kappa shape index (κ2) is 6.25. The fraction of sp³-hybridized carbons (Fsp3) is 0. The summed E-state index contributed by atoms with van der Waals surface area (Å²) in [6, 6.07) is 6.57. The molecule has 3 rings (SSSR count). The van der Waals surface area contributed by atoms with E-state index in [1.807, 2.05) is 0 Å². The summed E-state index contributed by atoms with van der Waals surface area (Å²) in [5.41, 5.74) is 0.426. The minimum absolute atomic E-state index is 0.0421. The molecule has 0 radical (unpaired) electrons. The van der Waals surface area contributed by atoms with Gasteiger partial charge in [-0.05, 0) is 34.1 Å². The van der Waals surface area contributed by atoms with E-state index < -0.39 is 17.5 Å². The van der Waals surface area contributed by atoms with Gasteiger partial charge < -0.3 is 9.84 Å². The van der Waals surface area contributed by atoms with E-state index in [9.17, 15) is 13.6 Å². The number of anilines is 1. The first-order chi connectivity index (χ1) is 11.0. The van der Waals surface area contributed by atoms with Gasteiger partial charge in [0, 0.05) is 34.6 Å². The second-order valence-corrected chi connectivity index (χ2v) is 5.37. The first kappa shape index (κ1) is 15.3. The highest BCUT2D eigenvalue weighted by atomic mass is 79.9. The van der Waals surface area contributed by atoms with Gasteiger partial charge in [-0.3, -0.25) is 9.78 Å². The maximum Gasteiger partial charge on any atom is 0.277 e. The Morgan fingerprint density at radius 1 is 1.26 bits per heavy atom. The first-order valence-electron chi connectivity index (χ1n) is 6.37. The van der Waals surface area contributed by atoms with Gasteiger partial charge in [0.2, 0.25) is 0 Å². The van der Waals surface area contributed by atoms with Gasteiger partial charge in [-0.15, -0.1) is 0 Å². The summed E-state index contributed by atoms with van der Waals surface area (Å²) in [5, 5.41) is 5.96.